The number of likely N-dealkylation sites (N-methyl/N-ethyl adjacent to an activating group) is 1. The van der Waals surface area contributed by atoms with Crippen molar-refractivity contribution in [1.29, 1.82) is 0 Å². The molecular formula is C14H23NO2. The molecule has 0 aliphatic rings. The van der Waals surface area contributed by atoms with E-state index in [9.17, 15) is 5.11 Å². The van der Waals surface area contributed by atoms with Gasteiger partial charge in [0.1, 0.15) is 5.75 Å². The van der Waals surface area contributed by atoms with E-state index < -0.39 is 0 Å². The number of ether oxygens (including phenoxy) is 1. The SMILES string of the molecule is CCOc1ccc(N(C)C(CO)C(C)C)cc1. The molecule has 1 aromatic rings. The van der Waals surface area contributed by atoms with Gasteiger partial charge in [-0.15, -0.1) is 0 Å². The van der Waals surface area contributed by atoms with Gasteiger partial charge in [0.05, 0.1) is 19.3 Å². The van der Waals surface area contributed by atoms with Crippen LogP contribution in [0, 0.1) is 5.92 Å². The molecule has 1 unspecified atom stereocenters. The highest BCUT2D eigenvalue weighted by molar-refractivity contribution is 5.49. The molecule has 0 aliphatic heterocycles. The minimum absolute atomic E-state index is 0.146. The van der Waals surface area contributed by atoms with Crippen molar-refractivity contribution in [1.82, 2.24) is 0 Å². The molecule has 0 aromatic heterocycles. The Morgan fingerprint density at radius 1 is 1.24 bits per heavy atom. The van der Waals surface area contributed by atoms with Gasteiger partial charge in [-0.25, -0.2) is 0 Å². The van der Waals surface area contributed by atoms with E-state index in [2.05, 4.69) is 18.7 Å². The summed E-state index contributed by atoms with van der Waals surface area (Å²) in [5, 5.41) is 9.40. The third kappa shape index (κ3) is 3.63. The number of nitrogens with zero attached hydrogens (tertiary/aromatic N) is 1. The molecule has 0 spiro atoms. The smallest absolute Gasteiger partial charge is 0.119 e. The third-order valence-electron chi connectivity index (χ3n) is 3.01. The monoisotopic (exact) mass is 237 g/mol. The average Bonchev–Trinajstić information content (AvgIpc) is 2.30. The lowest BCUT2D eigenvalue weighted by molar-refractivity contribution is 0.234. The van der Waals surface area contributed by atoms with Crippen LogP contribution < -0.4 is 9.64 Å². The molecule has 1 aromatic carbocycles. The summed E-state index contributed by atoms with van der Waals surface area (Å²) in [5.41, 5.74) is 1.10. The average molecular weight is 237 g/mol. The first-order valence-corrected chi connectivity index (χ1v) is 6.16. The van der Waals surface area contributed by atoms with Crippen LogP contribution in [0.5, 0.6) is 5.75 Å². The normalized spacial score (nSPS) is 12.6. The van der Waals surface area contributed by atoms with Crippen LogP contribution in [0.4, 0.5) is 5.69 Å². The van der Waals surface area contributed by atoms with Gasteiger partial charge in [-0.05, 0) is 37.1 Å². The van der Waals surface area contributed by atoms with Crippen LogP contribution in [-0.4, -0.2) is 31.4 Å². The first-order valence-electron chi connectivity index (χ1n) is 6.16. The molecule has 0 bridgehead atoms. The molecule has 96 valence electrons. The van der Waals surface area contributed by atoms with Gasteiger partial charge in [0.15, 0.2) is 0 Å². The van der Waals surface area contributed by atoms with Crippen molar-refractivity contribution in [3.05, 3.63) is 24.3 Å². The van der Waals surface area contributed by atoms with Gasteiger partial charge in [0.25, 0.3) is 0 Å². The second kappa shape index (κ2) is 6.50. The van der Waals surface area contributed by atoms with Gasteiger partial charge in [-0.1, -0.05) is 13.8 Å². The number of aliphatic hydroxyl groups excluding tert-OH is 1. The highest BCUT2D eigenvalue weighted by Crippen LogP contribution is 2.22. The highest BCUT2D eigenvalue weighted by atomic mass is 16.5. The third-order valence-corrected chi connectivity index (χ3v) is 3.01. The van der Waals surface area contributed by atoms with Crippen LogP contribution in [0.15, 0.2) is 24.3 Å². The lowest BCUT2D eigenvalue weighted by atomic mass is 10.0. The molecule has 0 saturated heterocycles. The zero-order valence-electron chi connectivity index (χ0n) is 11.2. The second-order valence-electron chi connectivity index (χ2n) is 4.53. The summed E-state index contributed by atoms with van der Waals surface area (Å²) in [7, 11) is 2.01. The van der Waals surface area contributed by atoms with Crippen LogP contribution in [0.3, 0.4) is 0 Å². The maximum Gasteiger partial charge on any atom is 0.119 e. The largest absolute Gasteiger partial charge is 0.494 e. The van der Waals surface area contributed by atoms with Gasteiger partial charge < -0.3 is 14.7 Å². The molecule has 1 atom stereocenters. The standard InChI is InChI=1S/C14H23NO2/c1-5-17-13-8-6-12(7-9-13)15(4)14(10-16)11(2)3/h6-9,11,14,16H,5,10H2,1-4H3. The molecule has 1 rings (SSSR count). The number of anilines is 1. The fourth-order valence-corrected chi connectivity index (χ4v) is 1.92. The Morgan fingerprint density at radius 3 is 2.24 bits per heavy atom. The van der Waals surface area contributed by atoms with Crippen molar-refractivity contribution in [2.24, 2.45) is 5.92 Å². The molecule has 0 radical (unpaired) electrons. The molecule has 3 heteroatoms. The zero-order valence-corrected chi connectivity index (χ0v) is 11.2. The van der Waals surface area contributed by atoms with Gasteiger partial charge >= 0.3 is 0 Å². The maximum atomic E-state index is 9.40. The summed E-state index contributed by atoms with van der Waals surface area (Å²) in [6.07, 6.45) is 0. The quantitative estimate of drug-likeness (QED) is 0.825. The van der Waals surface area contributed by atoms with Crippen molar-refractivity contribution >= 4 is 5.69 Å². The fourth-order valence-electron chi connectivity index (χ4n) is 1.92. The summed E-state index contributed by atoms with van der Waals surface area (Å²) >= 11 is 0. The van der Waals surface area contributed by atoms with E-state index in [4.69, 9.17) is 4.74 Å². The van der Waals surface area contributed by atoms with Crippen molar-refractivity contribution in [2.75, 3.05) is 25.2 Å². The Hall–Kier alpha value is -1.22. The van der Waals surface area contributed by atoms with Crippen molar-refractivity contribution in [2.45, 2.75) is 26.8 Å². The lowest BCUT2D eigenvalue weighted by Gasteiger charge is -2.31. The van der Waals surface area contributed by atoms with Gasteiger partial charge in [-0.3, -0.25) is 0 Å². The van der Waals surface area contributed by atoms with Crippen LogP contribution in [0.2, 0.25) is 0 Å². The molecule has 0 saturated carbocycles. The van der Waals surface area contributed by atoms with Crippen LogP contribution in [-0.2, 0) is 0 Å². The molecule has 3 nitrogen and oxygen atoms in total. The van der Waals surface area contributed by atoms with Gasteiger partial charge in [-0.2, -0.15) is 0 Å². The van der Waals surface area contributed by atoms with Crippen molar-refractivity contribution in [3.8, 4) is 5.75 Å². The molecule has 0 amide bonds. The Kier molecular flexibility index (Phi) is 5.29. The highest BCUT2D eigenvalue weighted by Gasteiger charge is 2.17. The van der Waals surface area contributed by atoms with E-state index in [-0.39, 0.29) is 12.6 Å². The van der Waals surface area contributed by atoms with E-state index in [1.807, 2.05) is 38.2 Å². The first kappa shape index (κ1) is 13.8. The van der Waals surface area contributed by atoms with Crippen molar-refractivity contribution in [3.63, 3.8) is 0 Å². The molecule has 0 aliphatic carbocycles. The second-order valence-corrected chi connectivity index (χ2v) is 4.53. The molecule has 1 N–H and O–H groups in total. The number of benzene rings is 1. The minimum Gasteiger partial charge on any atom is -0.494 e. The first-order chi connectivity index (χ1) is 8.10. The predicted octanol–water partition coefficient (Wildman–Crippen LogP) is 2.54. The Bertz CT molecular complexity index is 321. The molecule has 0 heterocycles. The van der Waals surface area contributed by atoms with E-state index in [0.717, 1.165) is 11.4 Å². The summed E-state index contributed by atoms with van der Waals surface area (Å²) in [6, 6.07) is 8.12. The van der Waals surface area contributed by atoms with Gasteiger partial charge in [0, 0.05) is 12.7 Å². The lowest BCUT2D eigenvalue weighted by Crippen LogP contribution is -2.38. The van der Waals surface area contributed by atoms with E-state index in [1.54, 1.807) is 0 Å². The number of aliphatic hydroxyl groups is 1. The van der Waals surface area contributed by atoms with Crippen LogP contribution >= 0.6 is 0 Å². The summed E-state index contributed by atoms with van der Waals surface area (Å²) in [4.78, 5) is 2.11. The molecule has 17 heavy (non-hydrogen) atoms. The van der Waals surface area contributed by atoms with Crippen LogP contribution in [0.25, 0.3) is 0 Å². The number of rotatable bonds is 6. The summed E-state index contributed by atoms with van der Waals surface area (Å²) < 4.78 is 5.41. The zero-order chi connectivity index (χ0) is 12.8. The number of hydrogen-bond donors (Lipinski definition) is 1. The summed E-state index contributed by atoms with van der Waals surface area (Å²) in [5.74, 6) is 1.30. The predicted molar refractivity (Wildman–Crippen MR) is 71.7 cm³/mol. The maximum absolute atomic E-state index is 9.40. The fraction of sp³-hybridized carbons (Fsp3) is 0.571. The van der Waals surface area contributed by atoms with E-state index in [0.29, 0.717) is 12.5 Å². The Morgan fingerprint density at radius 2 is 1.82 bits per heavy atom. The molecular weight excluding hydrogens is 214 g/mol. The topological polar surface area (TPSA) is 32.7 Å². The van der Waals surface area contributed by atoms with Crippen LogP contribution in [0.1, 0.15) is 20.8 Å². The Labute approximate surface area is 104 Å². The summed E-state index contributed by atoms with van der Waals surface area (Å²) in [6.45, 7) is 7.06. The Balaban J connectivity index is 2.77. The number of hydrogen-bond acceptors (Lipinski definition) is 3. The van der Waals surface area contributed by atoms with Gasteiger partial charge in [0.2, 0.25) is 0 Å². The van der Waals surface area contributed by atoms with Crippen molar-refractivity contribution < 1.29 is 9.84 Å². The minimum atomic E-state index is 0.146. The van der Waals surface area contributed by atoms with E-state index in [1.165, 1.54) is 0 Å². The van der Waals surface area contributed by atoms with E-state index >= 15 is 0 Å². The molecule has 0 fully saturated rings.